The third-order valence-corrected chi connectivity index (χ3v) is 11.2. The van der Waals surface area contributed by atoms with Crippen LogP contribution in [-0.4, -0.2) is 22.3 Å². The van der Waals surface area contributed by atoms with Crippen LogP contribution >= 0.6 is 0 Å². The molecule has 0 bridgehead atoms. The quantitative estimate of drug-likeness (QED) is 0.638. The predicted molar refractivity (Wildman–Crippen MR) is 75.9 cm³/mol. The van der Waals surface area contributed by atoms with Gasteiger partial charge in [-0.25, -0.2) is 0 Å². The van der Waals surface area contributed by atoms with Gasteiger partial charge in [-0.2, -0.15) is 0 Å². The highest BCUT2D eigenvalue weighted by Crippen LogP contribution is 2.32. The molecule has 15 heavy (non-hydrogen) atoms. The second-order valence-corrected chi connectivity index (χ2v) is 13.8. The van der Waals surface area contributed by atoms with Gasteiger partial charge in [-0.3, -0.25) is 0 Å². The summed E-state index contributed by atoms with van der Waals surface area (Å²) in [6.45, 7) is 18.8. The lowest BCUT2D eigenvalue weighted by molar-refractivity contribution is 0.150. The molecule has 0 amide bonds. The summed E-state index contributed by atoms with van der Waals surface area (Å²) in [6.07, 6.45) is 2.42. The van der Waals surface area contributed by atoms with Gasteiger partial charge in [0.05, 0.1) is 8.80 Å². The van der Waals surface area contributed by atoms with Gasteiger partial charge < -0.3 is 4.43 Å². The molecule has 0 aromatic rings. The summed E-state index contributed by atoms with van der Waals surface area (Å²) >= 11 is 0. The van der Waals surface area contributed by atoms with E-state index in [0.717, 1.165) is 5.54 Å². The van der Waals surface area contributed by atoms with Gasteiger partial charge in [0.1, 0.15) is 0 Å². The lowest BCUT2D eigenvalue weighted by Crippen LogP contribution is -2.51. The fourth-order valence-corrected chi connectivity index (χ4v) is 6.99. The molecule has 0 heterocycles. The molecule has 0 saturated heterocycles. The largest absolute Gasteiger partial charge is 0.415 e. The first kappa shape index (κ1) is 15.4. The lowest BCUT2D eigenvalue weighted by Gasteiger charge is -2.42. The van der Waals surface area contributed by atoms with Crippen LogP contribution in [0.3, 0.4) is 0 Å². The van der Waals surface area contributed by atoms with Crippen LogP contribution in [-0.2, 0) is 4.43 Å². The molecule has 0 rings (SSSR count). The highest BCUT2D eigenvalue weighted by atomic mass is 28.4. The van der Waals surface area contributed by atoms with Crippen LogP contribution in [0.4, 0.5) is 0 Å². The summed E-state index contributed by atoms with van der Waals surface area (Å²) in [5.74, 6) is 0. The van der Waals surface area contributed by atoms with E-state index in [9.17, 15) is 0 Å². The third-order valence-electron chi connectivity index (χ3n) is 4.22. The van der Waals surface area contributed by atoms with E-state index in [1.54, 1.807) is 0 Å². The van der Waals surface area contributed by atoms with Crippen LogP contribution < -0.4 is 0 Å². The molecule has 0 aliphatic carbocycles. The van der Waals surface area contributed by atoms with Crippen molar-refractivity contribution < 1.29 is 4.43 Å². The van der Waals surface area contributed by atoms with Crippen LogP contribution in [0.2, 0.25) is 31.7 Å². The molecule has 0 spiro atoms. The molecule has 1 nitrogen and oxygen atoms in total. The van der Waals surface area contributed by atoms with E-state index in [1.807, 2.05) is 0 Å². The van der Waals surface area contributed by atoms with Crippen molar-refractivity contribution in [3.8, 4) is 0 Å². The second-order valence-electron chi connectivity index (χ2n) is 5.84. The van der Waals surface area contributed by atoms with Gasteiger partial charge in [0.25, 0.3) is 0 Å². The Kier molecular flexibility index (Phi) is 5.79. The van der Waals surface area contributed by atoms with E-state index in [2.05, 4.69) is 53.9 Å². The highest BCUT2D eigenvalue weighted by Gasteiger charge is 2.38. The molecule has 1 unspecified atom stereocenters. The summed E-state index contributed by atoms with van der Waals surface area (Å²) in [5.41, 5.74) is 0.760. The van der Waals surface area contributed by atoms with E-state index in [0.29, 0.717) is 0 Å². The van der Waals surface area contributed by atoms with Crippen molar-refractivity contribution in [2.45, 2.75) is 77.5 Å². The van der Waals surface area contributed by atoms with E-state index >= 15 is 0 Å². The van der Waals surface area contributed by atoms with E-state index in [-0.39, 0.29) is 5.22 Å². The Balaban J connectivity index is 4.67. The summed E-state index contributed by atoms with van der Waals surface area (Å²) < 4.78 is 6.59. The normalized spacial score (nSPS) is 19.0. The minimum atomic E-state index is -1.49. The smallest absolute Gasteiger partial charge is 0.189 e. The zero-order valence-electron chi connectivity index (χ0n) is 12.0. The minimum absolute atomic E-state index is 0.207. The first-order chi connectivity index (χ1) is 6.69. The molecule has 0 aliphatic rings. The minimum Gasteiger partial charge on any atom is -0.415 e. The molecule has 0 aromatic carbocycles. The third kappa shape index (κ3) is 4.04. The molecule has 0 saturated carbocycles. The summed E-state index contributed by atoms with van der Waals surface area (Å²) in [5, 5.41) is 0.207. The van der Waals surface area contributed by atoms with Crippen LogP contribution in [0.25, 0.3) is 0 Å². The first-order valence-corrected chi connectivity index (χ1v) is 12.3. The Hall–Kier alpha value is 0.394. The maximum absolute atomic E-state index is 6.59. The van der Waals surface area contributed by atoms with Crippen molar-refractivity contribution in [2.75, 3.05) is 0 Å². The molecular formula is C12H30OSi2. The van der Waals surface area contributed by atoms with Crippen molar-refractivity contribution in [1.82, 2.24) is 0 Å². The Morgan fingerprint density at radius 1 is 1.27 bits per heavy atom. The standard InChI is InChI=1S/C12H30OSi2/c1-9-11(3)15(7,8)13-12(4,10-2)14(5)6/h11,14H,9-10H2,1-8H3/t11-,12?/m1/s1. The van der Waals surface area contributed by atoms with Gasteiger partial charge in [-0.05, 0) is 32.0 Å². The van der Waals surface area contributed by atoms with E-state index in [1.165, 1.54) is 12.8 Å². The molecular weight excluding hydrogens is 216 g/mol. The highest BCUT2D eigenvalue weighted by molar-refractivity contribution is 6.74. The van der Waals surface area contributed by atoms with Crippen molar-refractivity contribution in [3.63, 3.8) is 0 Å². The Morgan fingerprint density at radius 2 is 1.73 bits per heavy atom. The SMILES string of the molecule is CC[C@@H](C)[Si](C)(C)OC(C)(CC)[SiH](C)C. The average Bonchev–Trinajstić information content (AvgIpc) is 2.15. The summed E-state index contributed by atoms with van der Waals surface area (Å²) in [6, 6.07) is 0. The topological polar surface area (TPSA) is 9.23 Å². The Morgan fingerprint density at radius 3 is 2.00 bits per heavy atom. The molecule has 0 radical (unpaired) electrons. The van der Waals surface area contributed by atoms with Crippen molar-refractivity contribution in [2.24, 2.45) is 0 Å². The van der Waals surface area contributed by atoms with Crippen LogP contribution in [0, 0.1) is 0 Å². The summed E-state index contributed by atoms with van der Waals surface area (Å²) in [7, 11) is -2.23. The number of rotatable bonds is 6. The zero-order valence-corrected chi connectivity index (χ0v) is 14.1. The fraction of sp³-hybridized carbons (Fsp3) is 1.00. The van der Waals surface area contributed by atoms with Crippen LogP contribution in [0.5, 0.6) is 0 Å². The second kappa shape index (κ2) is 5.64. The van der Waals surface area contributed by atoms with Crippen molar-refractivity contribution in [1.29, 1.82) is 0 Å². The first-order valence-electron chi connectivity index (χ1n) is 6.39. The molecule has 3 heteroatoms. The van der Waals surface area contributed by atoms with Crippen LogP contribution in [0.15, 0.2) is 0 Å². The monoisotopic (exact) mass is 246 g/mol. The van der Waals surface area contributed by atoms with E-state index in [4.69, 9.17) is 4.43 Å². The van der Waals surface area contributed by atoms with Crippen LogP contribution in [0.1, 0.15) is 40.5 Å². The Labute approximate surface area is 99.3 Å². The Bertz CT molecular complexity index is 192. The van der Waals surface area contributed by atoms with E-state index < -0.39 is 17.1 Å². The van der Waals surface area contributed by atoms with Gasteiger partial charge >= 0.3 is 0 Å². The molecule has 0 fully saturated rings. The predicted octanol–water partition coefficient (Wildman–Crippen LogP) is 4.20. The van der Waals surface area contributed by atoms with Crippen molar-refractivity contribution >= 4 is 17.1 Å². The molecule has 92 valence electrons. The maximum atomic E-state index is 6.59. The number of hydrogen-bond acceptors (Lipinski definition) is 1. The van der Waals surface area contributed by atoms with Crippen molar-refractivity contribution in [3.05, 3.63) is 0 Å². The lowest BCUT2D eigenvalue weighted by atomic mass is 10.3. The molecule has 0 aliphatic heterocycles. The fourth-order valence-electron chi connectivity index (χ4n) is 1.79. The van der Waals surface area contributed by atoms with Gasteiger partial charge in [-0.15, -0.1) is 0 Å². The average molecular weight is 247 g/mol. The van der Waals surface area contributed by atoms with Gasteiger partial charge in [0.2, 0.25) is 0 Å². The van der Waals surface area contributed by atoms with Gasteiger partial charge in [0, 0.05) is 5.22 Å². The zero-order chi connectivity index (χ0) is 12.3. The van der Waals surface area contributed by atoms with Gasteiger partial charge in [0.15, 0.2) is 8.32 Å². The molecule has 0 N–H and O–H groups in total. The summed E-state index contributed by atoms with van der Waals surface area (Å²) in [4.78, 5) is 0. The number of hydrogen-bond donors (Lipinski definition) is 0. The molecule has 0 aromatic heterocycles. The maximum Gasteiger partial charge on any atom is 0.189 e. The molecule has 2 atom stereocenters. The van der Waals surface area contributed by atoms with Gasteiger partial charge in [-0.1, -0.05) is 40.3 Å².